The largest absolute Gasteiger partial charge is 0.463 e. The van der Waals surface area contributed by atoms with Gasteiger partial charge >= 0.3 is 29.8 Å². The van der Waals surface area contributed by atoms with Gasteiger partial charge in [-0.05, 0) is 20.8 Å². The number of esters is 5. The second-order valence-corrected chi connectivity index (χ2v) is 10.7. The first-order valence-corrected chi connectivity index (χ1v) is 23.0. The van der Waals surface area contributed by atoms with E-state index in [4.69, 9.17) is 19.3 Å². The number of carbonyl (C=O) groups excluding carboxylic acids is 6. The van der Waals surface area contributed by atoms with Gasteiger partial charge < -0.3 is 28.8 Å². The van der Waals surface area contributed by atoms with Crippen LogP contribution in [0, 0.1) is 10.8 Å². The van der Waals surface area contributed by atoms with Crippen molar-refractivity contribution in [3.8, 4) is 0 Å². The average Bonchev–Trinajstić information content (AvgIpc) is 3.63. The van der Waals surface area contributed by atoms with E-state index in [0.717, 1.165) is 0 Å². The summed E-state index contributed by atoms with van der Waals surface area (Å²) in [6, 6.07) is 0. The fraction of sp³-hybridized carbons (Fsp3) is 0.780. The Hall–Kier alpha value is -2.35. The van der Waals surface area contributed by atoms with E-state index in [0.29, 0.717) is 0 Å². The number of halogens is 2. The van der Waals surface area contributed by atoms with Gasteiger partial charge in [0.15, 0.2) is 6.10 Å². The monoisotopic (exact) mass is 1060 g/mol. The molecule has 0 aromatic carbocycles. The molecule has 352 valence electrons. The quantitative estimate of drug-likeness (QED) is 0.140. The van der Waals surface area contributed by atoms with Gasteiger partial charge in [0.2, 0.25) is 5.91 Å². The SMILES string of the molecule is C.C.C.C.C.C.CC.CC.CC.CC.CC(=O)OCC(COC(C)=O)OC(=O)C(C)(C)C.CC(=O)OCC(O)COC(C)=O.CC(C)(C)C(=O)n1ccnc1.II. The molecule has 0 aliphatic rings. The number of aliphatic hydroxyl groups is 1. The Morgan fingerprint density at radius 2 is 0.860 bits per heavy atom. The van der Waals surface area contributed by atoms with Crippen molar-refractivity contribution in [3.05, 3.63) is 18.7 Å². The fourth-order valence-electron chi connectivity index (χ4n) is 2.11. The molecule has 0 amide bonds. The maximum Gasteiger partial charge on any atom is 0.311 e. The molecular formula is C41H92I2N2O12. The molecular weight excluding hydrogens is 966 g/mol. The molecule has 0 saturated heterocycles. The number of carbonyl (C=O) groups is 6. The molecule has 0 radical (unpaired) electrons. The molecule has 14 nitrogen and oxygen atoms in total. The van der Waals surface area contributed by atoms with Crippen LogP contribution in [-0.2, 0) is 47.7 Å². The normalized spacial score (nSPS) is 8.26. The third-order valence-electron chi connectivity index (χ3n) is 4.17. The van der Waals surface area contributed by atoms with Crippen molar-refractivity contribution in [1.29, 1.82) is 0 Å². The first-order valence-electron chi connectivity index (χ1n) is 16.8. The number of imidazole rings is 1. The minimum Gasteiger partial charge on any atom is -0.463 e. The van der Waals surface area contributed by atoms with Crippen LogP contribution in [0.1, 0.15) is 174 Å². The third-order valence-corrected chi connectivity index (χ3v) is 4.17. The van der Waals surface area contributed by atoms with Gasteiger partial charge in [0, 0.05) is 82.7 Å². The summed E-state index contributed by atoms with van der Waals surface area (Å²) >= 11 is 4.24. The van der Waals surface area contributed by atoms with Crippen LogP contribution >= 0.6 is 37.2 Å². The van der Waals surface area contributed by atoms with Crippen LogP contribution in [0.25, 0.3) is 0 Å². The van der Waals surface area contributed by atoms with Crippen LogP contribution in [0.5, 0.6) is 0 Å². The van der Waals surface area contributed by atoms with E-state index < -0.39 is 47.5 Å². The number of ether oxygens (including phenoxy) is 5. The second kappa shape index (κ2) is 60.3. The van der Waals surface area contributed by atoms with Gasteiger partial charge in [0.05, 0.1) is 5.41 Å². The maximum atomic E-state index is 11.7. The Morgan fingerprint density at radius 1 is 0.579 bits per heavy atom. The lowest BCUT2D eigenvalue weighted by Crippen LogP contribution is -2.34. The number of nitrogens with zero attached hydrogens (tertiary/aromatic N) is 2. The zero-order valence-electron chi connectivity index (χ0n) is 34.3. The Kier molecular flexibility index (Phi) is 96.0. The standard InChI is InChI=1S/C12H20O6.C8H12N2O.C7H12O5.4C2H6.6CH4.I2/c1-8(13)16-6-10(7-17-9(2)14)18-11(15)12(3,4)5;1-8(2,3)7(11)10-5-4-9-6-10;1-5(8)11-3-7(10)4-12-6(2)9;4*1-2;;;;;;;1-2/h10H,6-7H2,1-5H3;4-6H,1-3H3;7,10H,3-4H2,1-2H3;4*1-2H3;6*1H4;. The highest BCUT2D eigenvalue weighted by atomic mass is 128. The lowest BCUT2D eigenvalue weighted by atomic mass is 9.96. The molecule has 57 heavy (non-hydrogen) atoms. The Bertz CT molecular complexity index is 959. The Balaban J connectivity index is -0.0000000404. The zero-order valence-corrected chi connectivity index (χ0v) is 38.6. The molecule has 1 aromatic rings. The molecule has 0 aliphatic heterocycles. The third kappa shape index (κ3) is 71.8. The van der Waals surface area contributed by atoms with Crippen molar-refractivity contribution < 1.29 is 57.6 Å². The summed E-state index contributed by atoms with van der Waals surface area (Å²) in [5.41, 5.74) is -1.01. The second-order valence-electron chi connectivity index (χ2n) is 10.7. The number of rotatable bonds is 9. The molecule has 1 heterocycles. The lowest BCUT2D eigenvalue weighted by molar-refractivity contribution is -0.171. The van der Waals surface area contributed by atoms with E-state index in [1.165, 1.54) is 38.6 Å². The maximum absolute atomic E-state index is 11.7. The molecule has 0 spiro atoms. The van der Waals surface area contributed by atoms with Gasteiger partial charge in [-0.2, -0.15) is 0 Å². The molecule has 0 unspecified atom stereocenters. The van der Waals surface area contributed by atoms with Gasteiger partial charge in [-0.1, -0.05) is 121 Å². The highest BCUT2D eigenvalue weighted by Crippen LogP contribution is 2.17. The van der Waals surface area contributed by atoms with E-state index in [9.17, 15) is 28.8 Å². The topological polar surface area (TPSA) is 187 Å². The van der Waals surface area contributed by atoms with Crippen LogP contribution in [0.15, 0.2) is 18.7 Å². The van der Waals surface area contributed by atoms with E-state index in [2.05, 4.69) is 51.7 Å². The van der Waals surface area contributed by atoms with E-state index in [1.54, 1.807) is 33.2 Å². The first kappa shape index (κ1) is 90.7. The summed E-state index contributed by atoms with van der Waals surface area (Å²) in [6.07, 6.45) is 3.05. The highest BCUT2D eigenvalue weighted by molar-refractivity contribution is 15.0. The summed E-state index contributed by atoms with van der Waals surface area (Å²) in [5, 5.41) is 8.99. The van der Waals surface area contributed by atoms with Crippen molar-refractivity contribution in [2.24, 2.45) is 10.8 Å². The number of aromatic nitrogens is 2. The van der Waals surface area contributed by atoms with Gasteiger partial charge in [-0.15, -0.1) is 0 Å². The molecule has 0 aliphatic carbocycles. The average molecular weight is 1060 g/mol. The van der Waals surface area contributed by atoms with E-state index >= 15 is 0 Å². The predicted molar refractivity (Wildman–Crippen MR) is 258 cm³/mol. The van der Waals surface area contributed by atoms with Crippen molar-refractivity contribution in [2.45, 2.75) is 181 Å². The molecule has 16 heteroatoms. The summed E-state index contributed by atoms with van der Waals surface area (Å²) in [5.74, 6) is -2.32. The number of aliphatic hydroxyl groups excluding tert-OH is 1. The number of hydrogen-bond acceptors (Lipinski definition) is 13. The number of hydrogen-bond donors (Lipinski definition) is 1. The van der Waals surface area contributed by atoms with Crippen LogP contribution in [0.4, 0.5) is 0 Å². The Morgan fingerprint density at radius 3 is 1.07 bits per heavy atom. The van der Waals surface area contributed by atoms with E-state index in [1.807, 2.05) is 76.2 Å². The first-order chi connectivity index (χ1) is 23.7. The van der Waals surface area contributed by atoms with Crippen molar-refractivity contribution in [1.82, 2.24) is 9.55 Å². The lowest BCUT2D eigenvalue weighted by Gasteiger charge is -2.22. The van der Waals surface area contributed by atoms with Crippen molar-refractivity contribution in [3.63, 3.8) is 0 Å². The van der Waals surface area contributed by atoms with Crippen LogP contribution in [-0.4, -0.2) is 89.0 Å². The Labute approximate surface area is 375 Å². The molecule has 1 rings (SSSR count). The molecule has 1 N–H and O–H groups in total. The van der Waals surface area contributed by atoms with E-state index in [-0.39, 0.29) is 82.3 Å². The smallest absolute Gasteiger partial charge is 0.311 e. The zero-order chi connectivity index (χ0) is 42.4. The van der Waals surface area contributed by atoms with Crippen LogP contribution in [0.2, 0.25) is 0 Å². The fourth-order valence-corrected chi connectivity index (χ4v) is 2.11. The van der Waals surface area contributed by atoms with Crippen molar-refractivity contribution in [2.75, 3.05) is 26.4 Å². The van der Waals surface area contributed by atoms with Crippen molar-refractivity contribution >= 4 is 73.0 Å². The van der Waals surface area contributed by atoms with Gasteiger partial charge in [-0.25, -0.2) is 4.98 Å². The van der Waals surface area contributed by atoms with Gasteiger partial charge in [0.25, 0.3) is 0 Å². The summed E-state index contributed by atoms with van der Waals surface area (Å²) in [7, 11) is 0. The summed E-state index contributed by atoms with van der Waals surface area (Å²) < 4.78 is 25.0. The molecule has 0 saturated carbocycles. The van der Waals surface area contributed by atoms with Gasteiger partial charge in [0.1, 0.15) is 38.9 Å². The van der Waals surface area contributed by atoms with Gasteiger partial charge in [-0.3, -0.25) is 33.3 Å². The molecule has 0 atom stereocenters. The highest BCUT2D eigenvalue weighted by Gasteiger charge is 2.27. The molecule has 1 aromatic heterocycles. The summed E-state index contributed by atoms with van der Waals surface area (Å²) in [6.45, 7) is 31.1. The van der Waals surface area contributed by atoms with Crippen LogP contribution < -0.4 is 0 Å². The summed E-state index contributed by atoms with van der Waals surface area (Å²) in [4.78, 5) is 68.8. The minimum atomic E-state index is -0.946. The molecule has 0 bridgehead atoms. The molecule has 0 fully saturated rings. The predicted octanol–water partition coefficient (Wildman–Crippen LogP) is 11.8. The van der Waals surface area contributed by atoms with Crippen LogP contribution in [0.3, 0.4) is 0 Å². The minimum absolute atomic E-state index is 0.